The van der Waals surface area contributed by atoms with E-state index in [9.17, 15) is 24.0 Å². The van der Waals surface area contributed by atoms with Crippen molar-refractivity contribution in [2.24, 2.45) is 17.8 Å². The molecule has 2 fully saturated rings. The van der Waals surface area contributed by atoms with Crippen LogP contribution in [0.25, 0.3) is 0 Å². The lowest BCUT2D eigenvalue weighted by atomic mass is 9.79. The van der Waals surface area contributed by atoms with Gasteiger partial charge >= 0.3 is 12.1 Å². The quantitative estimate of drug-likeness (QED) is 0.0102. The summed E-state index contributed by atoms with van der Waals surface area (Å²) in [4.78, 5) is 223. The molecule has 2 unspecified atom stereocenters. The Hall–Kier alpha value is -12.4. The van der Waals surface area contributed by atoms with Gasteiger partial charge in [0, 0.05) is 86.4 Å². The highest BCUT2D eigenvalue weighted by Gasteiger charge is 2.53. The van der Waals surface area contributed by atoms with E-state index in [-0.39, 0.29) is 49.7 Å². The lowest BCUT2D eigenvalue weighted by Crippen LogP contribution is -2.62. The van der Waals surface area contributed by atoms with Crippen molar-refractivity contribution in [1.29, 1.82) is 0 Å². The van der Waals surface area contributed by atoms with E-state index < -0.39 is 192 Å². The second kappa shape index (κ2) is 51.7. The van der Waals surface area contributed by atoms with Gasteiger partial charge < -0.3 is 75.1 Å². The number of carbonyl (C=O) groups excluding carboxylic acids is 14. The number of ether oxygens (including phenoxy) is 3. The zero-order chi connectivity index (χ0) is 103. The Balaban J connectivity index is 1.01. The van der Waals surface area contributed by atoms with Gasteiger partial charge in [-0.3, -0.25) is 67.2 Å². The van der Waals surface area contributed by atoms with Crippen LogP contribution in [0.3, 0.4) is 0 Å². The number of hydrogen-bond acceptors (Lipinski definition) is 19. The first kappa shape index (κ1) is 111. The van der Waals surface area contributed by atoms with Crippen molar-refractivity contribution in [3.8, 4) is 5.75 Å². The Morgan fingerprint density at radius 1 is 0.500 bits per heavy atom. The third-order valence-corrected chi connectivity index (χ3v) is 28.3. The average molecular weight is 1960 g/mol. The van der Waals surface area contributed by atoms with Crippen LogP contribution >= 0.6 is 21.6 Å². The zero-order valence-corrected chi connectivity index (χ0v) is 86.4. The molecular formula is C108H143N13O17S2. The topological polar surface area (TPSA) is 353 Å². The van der Waals surface area contributed by atoms with Crippen LogP contribution in [0.5, 0.6) is 5.75 Å². The lowest BCUT2D eigenvalue weighted by molar-refractivity contribution is -0.160. The monoisotopic (exact) mass is 1960 g/mol. The molecule has 754 valence electrons. The number of hydrogen-bond donors (Lipinski definition) is 5. The number of aryl methyl sites for hydroxylation is 1. The second-order valence-corrected chi connectivity index (χ2v) is 41.3. The van der Waals surface area contributed by atoms with Crippen LogP contribution in [0.1, 0.15) is 174 Å². The molecular weight excluding hydrogens is 1820 g/mol. The van der Waals surface area contributed by atoms with Gasteiger partial charge in [-0.25, -0.2) is 4.79 Å². The highest BCUT2D eigenvalue weighted by molar-refractivity contribution is 8.76. The summed E-state index contributed by atoms with van der Waals surface area (Å²) in [5.41, 5.74) is 2.06. The zero-order valence-electron chi connectivity index (χ0n) is 84.8. The minimum atomic E-state index is -1.77. The predicted molar refractivity (Wildman–Crippen MR) is 543 cm³/mol. The summed E-state index contributed by atoms with van der Waals surface area (Å²) in [6, 6.07) is 44.5. The SMILES string of the molecule is CCSSc1cccc(C)c1OC(=O)C[C@H](NC(=O)[C@H](Cc1ccccc1)NC(=O)[C@H](C(C)C)N(C)C(=O)[C@H](CC(C)C)N(C)C(=O)CNC(=O)[C@H](Cc1ccccc1)N(C)C(=O)[C@H]([C@@H](C)OC(c1ccccc1)(c1ccccc1)c1ccccc1)N1C(=O)[C@@H](N(C)C(=O)[C@@H](NC(=O)[C@H](C)N(C)C(=O)OC(C)(C)C)C(C)C)CC1C)C(=O)N(C)C(Cc1ccccc1)C(=O)N[C@@H](C)C(=O)N1CCCCC1. The first-order valence-electron chi connectivity index (χ1n) is 48.3. The van der Waals surface area contributed by atoms with Crippen molar-refractivity contribution in [2.45, 2.75) is 256 Å². The van der Waals surface area contributed by atoms with Crippen molar-refractivity contribution < 1.29 is 81.3 Å². The van der Waals surface area contributed by atoms with Gasteiger partial charge in [0.25, 0.3) is 0 Å². The number of benzene rings is 7. The molecule has 0 radical (unpaired) electrons. The summed E-state index contributed by atoms with van der Waals surface area (Å²) in [6.45, 7) is 26.3. The molecule has 32 heteroatoms. The van der Waals surface area contributed by atoms with Gasteiger partial charge in [-0.2, -0.15) is 0 Å². The number of likely N-dealkylation sites (tertiary alicyclic amines) is 2. The van der Waals surface area contributed by atoms with Gasteiger partial charge in [0.1, 0.15) is 83.4 Å². The molecule has 13 amide bonds. The van der Waals surface area contributed by atoms with E-state index in [1.165, 1.54) is 95.3 Å². The molecule has 13 atom stereocenters. The second-order valence-electron chi connectivity index (χ2n) is 38.7. The number of nitrogens with zero attached hydrogens (tertiary/aromatic N) is 8. The average Bonchev–Trinajstić information content (AvgIpc) is 1.25. The maximum Gasteiger partial charge on any atom is 0.410 e. The maximum atomic E-state index is 16.7. The molecule has 2 saturated heterocycles. The first-order chi connectivity index (χ1) is 66.4. The van der Waals surface area contributed by atoms with Gasteiger partial charge in [-0.05, 0) is 150 Å². The van der Waals surface area contributed by atoms with E-state index in [0.717, 1.165) is 34.8 Å². The van der Waals surface area contributed by atoms with E-state index in [1.54, 1.807) is 184 Å². The van der Waals surface area contributed by atoms with E-state index in [4.69, 9.17) is 14.2 Å². The standard InChI is InChI=1S/C108H143N13O17S2/c1-22-139-140-88-58-44-45-71(8)94(88)136-90(123)66-83(101(130)116(18)85(65-78-50-34-25-35-51-78)98(127)110-73(10)100(129)120-59-42-29-43-60-120)112-96(125)82(63-76-46-30-23-31-47-76)111-99(128)92(70(6)7)119(21)102(131)86(61-68(2)3)115(17)89(122)67-109-97(126)84(64-77-48-32-24-33-49-77)117(19)105(134)93(75(12)137-108(79-52-36-26-37-53-79,80-54-38-27-39-55-80)81-56-40-28-41-57-81)121-72(9)62-87(103(121)132)118(20)104(133)91(69(4)5)113-95(124)74(11)114(16)106(135)138-107(13,14)15/h23-28,30-41,44-58,68-70,72-75,82-87,91-93H,22,29,42-43,59-67H2,1-21H3,(H,109,126)(H,110,127)(H,111,128)(H,112,125)(H,113,124)/t72?,73-,74-,75+,82-,83-,84-,85?,86-,87-,91-,92-,93-/m0/s1. The molecule has 2 aliphatic rings. The molecule has 0 saturated carbocycles. The van der Waals surface area contributed by atoms with Gasteiger partial charge in [0.05, 0.1) is 24.0 Å². The summed E-state index contributed by atoms with van der Waals surface area (Å²) < 4.78 is 19.3. The van der Waals surface area contributed by atoms with Gasteiger partial charge in [-0.15, -0.1) is 0 Å². The predicted octanol–water partition coefficient (Wildman–Crippen LogP) is 12.0. The molecule has 7 aromatic rings. The van der Waals surface area contributed by atoms with Crippen LogP contribution in [0.15, 0.2) is 205 Å². The van der Waals surface area contributed by atoms with Crippen molar-refractivity contribution in [1.82, 2.24) is 65.8 Å². The van der Waals surface area contributed by atoms with Crippen LogP contribution in [0.2, 0.25) is 0 Å². The molecule has 5 N–H and O–H groups in total. The third-order valence-electron chi connectivity index (χ3n) is 25.8. The smallest absolute Gasteiger partial charge is 0.410 e. The van der Waals surface area contributed by atoms with Crippen molar-refractivity contribution in [2.75, 3.05) is 67.7 Å². The summed E-state index contributed by atoms with van der Waals surface area (Å²) in [6.07, 6.45) is -0.565. The van der Waals surface area contributed by atoms with Gasteiger partial charge in [-0.1, -0.05) is 264 Å². The number of carbonyl (C=O) groups is 14. The lowest BCUT2D eigenvalue weighted by Gasteiger charge is -2.44. The Morgan fingerprint density at radius 3 is 1.49 bits per heavy atom. The Bertz CT molecular complexity index is 5270. The Labute approximate surface area is 833 Å². The highest BCUT2D eigenvalue weighted by atomic mass is 33.1. The van der Waals surface area contributed by atoms with Crippen LogP contribution in [-0.4, -0.2) is 274 Å². The van der Waals surface area contributed by atoms with Crippen LogP contribution in [0.4, 0.5) is 4.79 Å². The Kier molecular flexibility index (Phi) is 41.0. The highest BCUT2D eigenvalue weighted by Crippen LogP contribution is 2.44. The van der Waals surface area contributed by atoms with Crippen LogP contribution < -0.4 is 31.3 Å². The van der Waals surface area contributed by atoms with Crippen molar-refractivity contribution in [3.05, 3.63) is 239 Å². The van der Waals surface area contributed by atoms with E-state index in [0.29, 0.717) is 56.9 Å². The summed E-state index contributed by atoms with van der Waals surface area (Å²) >= 11 is 0. The summed E-state index contributed by atoms with van der Waals surface area (Å²) in [7, 11) is 11.4. The first-order valence-corrected chi connectivity index (χ1v) is 50.7. The molecule has 0 spiro atoms. The van der Waals surface area contributed by atoms with E-state index >= 15 is 43.2 Å². The summed E-state index contributed by atoms with van der Waals surface area (Å²) in [5.74, 6) is -9.99. The molecule has 2 aliphatic heterocycles. The number of piperidine rings is 1. The van der Waals surface area contributed by atoms with Gasteiger partial charge in [0.15, 0.2) is 0 Å². The summed E-state index contributed by atoms with van der Waals surface area (Å²) in [5, 5.41) is 14.2. The van der Waals surface area contributed by atoms with E-state index in [1.807, 2.05) is 118 Å². The van der Waals surface area contributed by atoms with Gasteiger partial charge in [0.2, 0.25) is 70.9 Å². The van der Waals surface area contributed by atoms with Crippen LogP contribution in [-0.2, 0) is 96.7 Å². The number of likely N-dealkylation sites (N-methyl/N-ethyl adjacent to an activating group) is 6. The van der Waals surface area contributed by atoms with Crippen molar-refractivity contribution >= 4 is 105 Å². The van der Waals surface area contributed by atoms with Crippen molar-refractivity contribution in [3.63, 3.8) is 0 Å². The normalized spacial score (nSPS) is 16.2. The Morgan fingerprint density at radius 2 is 0.993 bits per heavy atom. The number of esters is 1. The molecule has 0 aromatic heterocycles. The minimum Gasteiger partial charge on any atom is -0.444 e. The fourth-order valence-electron chi connectivity index (χ4n) is 17.9. The molecule has 2 heterocycles. The number of para-hydroxylation sites is 1. The fourth-order valence-corrected chi connectivity index (χ4v) is 19.7. The molecule has 0 bridgehead atoms. The molecule has 140 heavy (non-hydrogen) atoms. The minimum absolute atomic E-state index is 0.00778. The number of nitrogens with one attached hydrogen (secondary N) is 5. The maximum absolute atomic E-state index is 16.7. The van der Waals surface area contributed by atoms with Crippen LogP contribution in [0, 0.1) is 24.7 Å². The molecule has 0 aliphatic carbocycles. The molecule has 9 rings (SSSR count). The fraction of sp³-hybridized carbons (Fsp3) is 0.481. The van der Waals surface area contributed by atoms with E-state index in [2.05, 4.69) is 26.6 Å². The molecule has 30 nitrogen and oxygen atoms in total. The third kappa shape index (κ3) is 29.1. The number of amides is 13. The number of rotatable bonds is 45. The largest absolute Gasteiger partial charge is 0.444 e. The molecule has 7 aromatic carbocycles.